The van der Waals surface area contributed by atoms with E-state index in [0.717, 1.165) is 22.7 Å². The van der Waals surface area contributed by atoms with Gasteiger partial charge < -0.3 is 10.6 Å². The van der Waals surface area contributed by atoms with Crippen LogP contribution >= 0.6 is 23.4 Å². The Morgan fingerprint density at radius 3 is 2.72 bits per heavy atom. The molecule has 2 aromatic rings. The first-order valence-electron chi connectivity index (χ1n) is 7.89. The van der Waals surface area contributed by atoms with Crippen molar-refractivity contribution in [2.45, 2.75) is 5.75 Å². The number of carbonyl (C=O) groups excluding carboxylic acids is 2. The minimum atomic E-state index is -0.0887. The SMILES string of the molecule is O=C(CSCc1cccc(Cl)c1)Nc1ccc(N2CCNC2=O)cc1. The molecule has 130 valence electrons. The third-order valence-electron chi connectivity index (χ3n) is 3.71. The van der Waals surface area contributed by atoms with E-state index in [1.165, 1.54) is 11.8 Å². The van der Waals surface area contributed by atoms with Crippen LogP contribution in [-0.4, -0.2) is 30.8 Å². The van der Waals surface area contributed by atoms with Crippen LogP contribution in [0.25, 0.3) is 0 Å². The van der Waals surface area contributed by atoms with E-state index in [1.807, 2.05) is 36.4 Å². The number of nitrogens with zero attached hydrogens (tertiary/aromatic N) is 1. The van der Waals surface area contributed by atoms with E-state index in [9.17, 15) is 9.59 Å². The van der Waals surface area contributed by atoms with Crippen molar-refractivity contribution < 1.29 is 9.59 Å². The zero-order valence-corrected chi connectivity index (χ0v) is 15.1. The highest BCUT2D eigenvalue weighted by Crippen LogP contribution is 2.20. The Balaban J connectivity index is 1.47. The summed E-state index contributed by atoms with van der Waals surface area (Å²) in [4.78, 5) is 25.3. The Morgan fingerprint density at radius 2 is 2.04 bits per heavy atom. The van der Waals surface area contributed by atoms with Crippen molar-refractivity contribution in [2.75, 3.05) is 29.1 Å². The first-order chi connectivity index (χ1) is 12.1. The summed E-state index contributed by atoms with van der Waals surface area (Å²) in [5, 5.41) is 6.33. The molecule has 5 nitrogen and oxygen atoms in total. The van der Waals surface area contributed by atoms with Crippen LogP contribution in [0.15, 0.2) is 48.5 Å². The number of urea groups is 1. The Bertz CT molecular complexity index is 767. The number of carbonyl (C=O) groups is 2. The predicted molar refractivity (Wildman–Crippen MR) is 103 cm³/mol. The van der Waals surface area contributed by atoms with E-state index in [1.54, 1.807) is 17.0 Å². The largest absolute Gasteiger partial charge is 0.336 e. The van der Waals surface area contributed by atoms with Gasteiger partial charge in [-0.25, -0.2) is 4.79 Å². The summed E-state index contributed by atoms with van der Waals surface area (Å²) in [5.41, 5.74) is 2.64. The fraction of sp³-hybridized carbons (Fsp3) is 0.222. The van der Waals surface area contributed by atoms with Crippen LogP contribution in [0.5, 0.6) is 0 Å². The monoisotopic (exact) mass is 375 g/mol. The predicted octanol–water partition coefficient (Wildman–Crippen LogP) is 3.74. The molecule has 1 aliphatic rings. The number of nitrogens with one attached hydrogen (secondary N) is 2. The van der Waals surface area contributed by atoms with Gasteiger partial charge in [-0.2, -0.15) is 0 Å². The molecule has 0 atom stereocenters. The maximum absolute atomic E-state index is 12.0. The molecule has 1 aliphatic heterocycles. The average molecular weight is 376 g/mol. The van der Waals surface area contributed by atoms with Crippen LogP contribution in [0.4, 0.5) is 16.2 Å². The van der Waals surface area contributed by atoms with Crippen molar-refractivity contribution in [3.8, 4) is 0 Å². The number of thioether (sulfide) groups is 1. The molecule has 0 aromatic heterocycles. The van der Waals surface area contributed by atoms with E-state index in [-0.39, 0.29) is 11.9 Å². The highest BCUT2D eigenvalue weighted by Gasteiger charge is 2.20. The van der Waals surface area contributed by atoms with Gasteiger partial charge in [0.15, 0.2) is 0 Å². The quantitative estimate of drug-likeness (QED) is 0.808. The molecule has 1 heterocycles. The van der Waals surface area contributed by atoms with Gasteiger partial charge in [-0.05, 0) is 42.0 Å². The molecule has 2 aromatic carbocycles. The number of hydrogen-bond acceptors (Lipinski definition) is 3. The number of hydrogen-bond donors (Lipinski definition) is 2. The van der Waals surface area contributed by atoms with Crippen molar-refractivity contribution in [3.63, 3.8) is 0 Å². The molecule has 7 heteroatoms. The summed E-state index contributed by atoms with van der Waals surface area (Å²) >= 11 is 7.48. The smallest absolute Gasteiger partial charge is 0.321 e. The zero-order chi connectivity index (χ0) is 17.6. The van der Waals surface area contributed by atoms with Crippen molar-refractivity contribution in [2.24, 2.45) is 0 Å². The van der Waals surface area contributed by atoms with Gasteiger partial charge >= 0.3 is 6.03 Å². The van der Waals surface area contributed by atoms with Crippen LogP contribution in [0, 0.1) is 0 Å². The van der Waals surface area contributed by atoms with E-state index in [2.05, 4.69) is 10.6 Å². The first-order valence-corrected chi connectivity index (χ1v) is 9.42. The molecule has 0 spiro atoms. The van der Waals surface area contributed by atoms with Gasteiger partial charge in [-0.1, -0.05) is 23.7 Å². The van der Waals surface area contributed by atoms with Gasteiger partial charge in [0.1, 0.15) is 0 Å². The molecule has 0 saturated carbocycles. The fourth-order valence-corrected chi connectivity index (χ4v) is 3.52. The molecule has 0 bridgehead atoms. The maximum atomic E-state index is 12.0. The summed E-state index contributed by atoms with van der Waals surface area (Å²) in [6.45, 7) is 1.31. The summed E-state index contributed by atoms with van der Waals surface area (Å²) in [7, 11) is 0. The normalized spacial score (nSPS) is 13.6. The molecule has 1 fully saturated rings. The van der Waals surface area contributed by atoms with Gasteiger partial charge in [0, 0.05) is 35.2 Å². The molecule has 3 rings (SSSR count). The lowest BCUT2D eigenvalue weighted by atomic mass is 10.2. The Hall–Kier alpha value is -2.18. The molecule has 25 heavy (non-hydrogen) atoms. The van der Waals surface area contributed by atoms with Crippen molar-refractivity contribution in [1.82, 2.24) is 5.32 Å². The third-order valence-corrected chi connectivity index (χ3v) is 4.95. The summed E-state index contributed by atoms with van der Waals surface area (Å²) in [6, 6.07) is 14.8. The van der Waals surface area contributed by atoms with Gasteiger partial charge in [-0.15, -0.1) is 11.8 Å². The second-order valence-corrected chi connectivity index (χ2v) is 7.02. The Kier molecular flexibility index (Phi) is 5.83. The summed E-state index contributed by atoms with van der Waals surface area (Å²) in [5.74, 6) is 1.04. The van der Waals surface area contributed by atoms with Crippen molar-refractivity contribution >= 4 is 46.7 Å². The van der Waals surface area contributed by atoms with Crippen LogP contribution in [0.1, 0.15) is 5.56 Å². The van der Waals surface area contributed by atoms with Crippen molar-refractivity contribution in [1.29, 1.82) is 0 Å². The molecule has 0 radical (unpaired) electrons. The Labute approximate surface area is 155 Å². The van der Waals surface area contributed by atoms with Crippen LogP contribution in [0.3, 0.4) is 0 Å². The van der Waals surface area contributed by atoms with Gasteiger partial charge in [0.2, 0.25) is 5.91 Å². The lowest BCUT2D eigenvalue weighted by molar-refractivity contribution is -0.113. The van der Waals surface area contributed by atoms with Crippen LogP contribution < -0.4 is 15.5 Å². The fourth-order valence-electron chi connectivity index (χ4n) is 2.53. The minimum absolute atomic E-state index is 0.0568. The molecule has 0 unspecified atom stereocenters. The molecular formula is C18H18ClN3O2S. The third kappa shape index (κ3) is 4.90. The number of benzene rings is 2. The number of rotatable bonds is 6. The second kappa shape index (κ2) is 8.27. The summed E-state index contributed by atoms with van der Waals surface area (Å²) < 4.78 is 0. The average Bonchev–Trinajstić information content (AvgIpc) is 3.02. The lowest BCUT2D eigenvalue weighted by Gasteiger charge is -2.14. The van der Waals surface area contributed by atoms with E-state index in [4.69, 9.17) is 11.6 Å². The molecule has 2 N–H and O–H groups in total. The highest BCUT2D eigenvalue weighted by atomic mass is 35.5. The van der Waals surface area contributed by atoms with Gasteiger partial charge in [0.25, 0.3) is 0 Å². The van der Waals surface area contributed by atoms with Crippen LogP contribution in [-0.2, 0) is 10.5 Å². The van der Waals surface area contributed by atoms with E-state index >= 15 is 0 Å². The van der Waals surface area contributed by atoms with Crippen LogP contribution in [0.2, 0.25) is 5.02 Å². The second-order valence-electron chi connectivity index (χ2n) is 5.60. The number of anilines is 2. The highest BCUT2D eigenvalue weighted by molar-refractivity contribution is 7.99. The number of amides is 3. The molecular weight excluding hydrogens is 358 g/mol. The maximum Gasteiger partial charge on any atom is 0.321 e. The lowest BCUT2D eigenvalue weighted by Crippen LogP contribution is -2.27. The summed E-state index contributed by atoms with van der Waals surface area (Å²) in [6.07, 6.45) is 0. The van der Waals surface area contributed by atoms with Gasteiger partial charge in [-0.3, -0.25) is 9.69 Å². The first kappa shape index (κ1) is 17.6. The topological polar surface area (TPSA) is 61.4 Å². The molecule has 1 saturated heterocycles. The van der Waals surface area contributed by atoms with E-state index < -0.39 is 0 Å². The van der Waals surface area contributed by atoms with Crippen molar-refractivity contribution in [3.05, 3.63) is 59.1 Å². The zero-order valence-electron chi connectivity index (χ0n) is 13.5. The van der Waals surface area contributed by atoms with E-state index in [0.29, 0.717) is 23.9 Å². The molecule has 3 amide bonds. The minimum Gasteiger partial charge on any atom is -0.336 e. The standard InChI is InChI=1S/C18H18ClN3O2S/c19-14-3-1-2-13(10-14)11-25-12-17(23)21-15-4-6-16(7-5-15)22-9-8-20-18(22)24/h1-7,10H,8-9,11-12H2,(H,20,24)(H,21,23). The Morgan fingerprint density at radius 1 is 1.24 bits per heavy atom. The number of halogens is 1. The van der Waals surface area contributed by atoms with Gasteiger partial charge in [0.05, 0.1) is 5.75 Å². The molecule has 0 aliphatic carbocycles.